The van der Waals surface area contributed by atoms with E-state index in [0.717, 1.165) is 44.3 Å². The molecular weight excluding hydrogens is 406 g/mol. The van der Waals surface area contributed by atoms with Gasteiger partial charge in [0.1, 0.15) is 6.61 Å². The van der Waals surface area contributed by atoms with E-state index < -0.39 is 28.0 Å². The van der Waals surface area contributed by atoms with Crippen molar-refractivity contribution in [1.29, 1.82) is 0 Å². The number of hydrogen-bond donors (Lipinski definition) is 1. The number of hydrogen-bond acceptors (Lipinski definition) is 6. The van der Waals surface area contributed by atoms with Crippen LogP contribution in [0.4, 0.5) is 0 Å². The molecular formula is C22H31NO6S. The summed E-state index contributed by atoms with van der Waals surface area (Å²) >= 11 is 0. The Hall–Kier alpha value is -2.19. The van der Waals surface area contributed by atoms with Crippen LogP contribution in [0.3, 0.4) is 0 Å². The summed E-state index contributed by atoms with van der Waals surface area (Å²) in [5, 5.41) is 0. The fraction of sp³-hybridized carbons (Fsp3) is 0.545. The molecule has 1 unspecified atom stereocenters. The minimum Gasteiger partial charge on any atom is -0.460 e. The van der Waals surface area contributed by atoms with E-state index in [2.05, 4.69) is 4.72 Å². The van der Waals surface area contributed by atoms with Crippen molar-refractivity contribution < 1.29 is 27.5 Å². The maximum atomic E-state index is 12.7. The van der Waals surface area contributed by atoms with Gasteiger partial charge in [0, 0.05) is 12.2 Å². The highest BCUT2D eigenvalue weighted by Crippen LogP contribution is 2.25. The van der Waals surface area contributed by atoms with Gasteiger partial charge in [-0.1, -0.05) is 49.6 Å². The molecule has 0 amide bonds. The number of ether oxygens (including phenoxy) is 2. The van der Waals surface area contributed by atoms with E-state index in [1.54, 1.807) is 38.1 Å². The van der Waals surface area contributed by atoms with Gasteiger partial charge >= 0.3 is 11.9 Å². The lowest BCUT2D eigenvalue weighted by Gasteiger charge is -2.24. The predicted octanol–water partition coefficient (Wildman–Crippen LogP) is 3.28. The fourth-order valence-electron chi connectivity index (χ4n) is 3.43. The molecule has 1 saturated carbocycles. The van der Waals surface area contributed by atoms with Crippen LogP contribution in [0.1, 0.15) is 57.6 Å². The van der Waals surface area contributed by atoms with Gasteiger partial charge in [-0.05, 0) is 38.2 Å². The van der Waals surface area contributed by atoms with Crippen LogP contribution >= 0.6 is 0 Å². The monoisotopic (exact) mass is 437 g/mol. The second kappa shape index (κ2) is 11.9. The van der Waals surface area contributed by atoms with Gasteiger partial charge in [0.15, 0.2) is 0 Å². The molecule has 1 atom stereocenters. The molecule has 0 aromatic heterocycles. The van der Waals surface area contributed by atoms with Crippen molar-refractivity contribution in [2.45, 2.75) is 58.1 Å². The van der Waals surface area contributed by atoms with Gasteiger partial charge in [0.25, 0.3) is 0 Å². The molecule has 1 fully saturated rings. The lowest BCUT2D eigenvalue weighted by Crippen LogP contribution is -2.36. The van der Waals surface area contributed by atoms with E-state index >= 15 is 0 Å². The zero-order chi connectivity index (χ0) is 22.0. The Kier molecular flexibility index (Phi) is 9.52. The van der Waals surface area contributed by atoms with E-state index in [-0.39, 0.29) is 24.4 Å². The average Bonchev–Trinajstić information content (AvgIpc) is 2.70. The number of benzene rings is 1. The average molecular weight is 438 g/mol. The molecule has 0 aliphatic heterocycles. The molecule has 1 aromatic carbocycles. The van der Waals surface area contributed by atoms with Gasteiger partial charge in [-0.3, -0.25) is 0 Å². The second-order valence-electron chi connectivity index (χ2n) is 7.82. The maximum Gasteiger partial charge on any atom is 0.331 e. The van der Waals surface area contributed by atoms with E-state index in [4.69, 9.17) is 9.47 Å². The summed E-state index contributed by atoms with van der Waals surface area (Å²) in [4.78, 5) is 23.4. The molecule has 1 aliphatic rings. The van der Waals surface area contributed by atoms with Gasteiger partial charge < -0.3 is 9.47 Å². The Balaban J connectivity index is 1.99. The maximum absolute atomic E-state index is 12.7. The summed E-state index contributed by atoms with van der Waals surface area (Å²) in [7, 11) is -3.55. The summed E-state index contributed by atoms with van der Waals surface area (Å²) in [5.74, 6) is -1.16. The molecule has 0 bridgehead atoms. The highest BCUT2D eigenvalue weighted by Gasteiger charge is 2.25. The van der Waals surface area contributed by atoms with Crippen molar-refractivity contribution in [3.05, 3.63) is 48.0 Å². The molecule has 8 heteroatoms. The lowest BCUT2D eigenvalue weighted by atomic mass is 9.91. The van der Waals surface area contributed by atoms with Crippen LogP contribution in [0.25, 0.3) is 0 Å². The molecule has 0 heterocycles. The number of rotatable bonds is 10. The highest BCUT2D eigenvalue weighted by atomic mass is 32.2. The Labute approximate surface area is 178 Å². The van der Waals surface area contributed by atoms with E-state index in [1.807, 2.05) is 6.07 Å². The molecule has 30 heavy (non-hydrogen) atoms. The van der Waals surface area contributed by atoms with Gasteiger partial charge in [-0.15, -0.1) is 0 Å². The topological polar surface area (TPSA) is 98.8 Å². The molecule has 2 rings (SSSR count). The Bertz CT molecular complexity index is 813. The molecule has 1 aliphatic carbocycles. The van der Waals surface area contributed by atoms with Crippen LogP contribution in [0.5, 0.6) is 0 Å². The molecule has 0 radical (unpaired) electrons. The third kappa shape index (κ3) is 9.09. The summed E-state index contributed by atoms with van der Waals surface area (Å²) < 4.78 is 38.2. The van der Waals surface area contributed by atoms with Crippen molar-refractivity contribution in [3.63, 3.8) is 0 Å². The normalized spacial score (nSPS) is 16.5. The van der Waals surface area contributed by atoms with Crippen LogP contribution in [-0.2, 0) is 29.1 Å². The number of carbonyl (C=O) groups is 2. The van der Waals surface area contributed by atoms with Crippen LogP contribution in [0, 0.1) is 5.92 Å². The van der Waals surface area contributed by atoms with E-state index in [0.29, 0.717) is 5.56 Å². The van der Waals surface area contributed by atoms with Crippen molar-refractivity contribution in [2.24, 2.45) is 5.92 Å². The SMILES string of the molecule is CC(C)OC(=O)/C=C/C(=O)OCC(NS(=O)(=O)CC1CCCCC1)c1ccccc1. The molecule has 166 valence electrons. The van der Waals surface area contributed by atoms with Crippen molar-refractivity contribution >= 4 is 22.0 Å². The summed E-state index contributed by atoms with van der Waals surface area (Å²) in [6.45, 7) is 3.22. The summed E-state index contributed by atoms with van der Waals surface area (Å²) in [5.41, 5.74) is 0.695. The number of carbonyl (C=O) groups excluding carboxylic acids is 2. The molecule has 7 nitrogen and oxygen atoms in total. The summed E-state index contributed by atoms with van der Waals surface area (Å²) in [6, 6.07) is 8.25. The van der Waals surface area contributed by atoms with Gasteiger partial charge in [-0.25, -0.2) is 22.7 Å². The van der Waals surface area contributed by atoms with Crippen LogP contribution in [-0.4, -0.2) is 38.8 Å². The van der Waals surface area contributed by atoms with Crippen molar-refractivity contribution in [2.75, 3.05) is 12.4 Å². The number of sulfonamides is 1. The Morgan fingerprint density at radius 3 is 2.33 bits per heavy atom. The van der Waals surface area contributed by atoms with Crippen LogP contribution in [0.15, 0.2) is 42.5 Å². The number of nitrogens with one attached hydrogen (secondary N) is 1. The zero-order valence-electron chi connectivity index (χ0n) is 17.6. The fourth-order valence-corrected chi connectivity index (χ4v) is 5.12. The molecule has 1 N–H and O–H groups in total. The van der Waals surface area contributed by atoms with Gasteiger partial charge in [-0.2, -0.15) is 0 Å². The minimum atomic E-state index is -3.55. The lowest BCUT2D eigenvalue weighted by molar-refractivity contribution is -0.143. The third-order valence-electron chi connectivity index (χ3n) is 4.80. The first-order chi connectivity index (χ1) is 14.2. The molecule has 0 saturated heterocycles. The van der Waals surface area contributed by atoms with Gasteiger partial charge in [0.05, 0.1) is 17.9 Å². The van der Waals surface area contributed by atoms with E-state index in [9.17, 15) is 18.0 Å². The standard InChI is InChI=1S/C22H31NO6S/c1-17(2)29-22(25)14-13-21(24)28-15-20(19-11-7-4-8-12-19)23-30(26,27)16-18-9-5-3-6-10-18/h4,7-8,11-14,17-18,20,23H,3,5-6,9-10,15-16H2,1-2H3/b14-13+. The predicted molar refractivity (Wildman–Crippen MR) is 114 cm³/mol. The third-order valence-corrected chi connectivity index (χ3v) is 6.36. The quantitative estimate of drug-likeness (QED) is 0.446. The van der Waals surface area contributed by atoms with Crippen LogP contribution < -0.4 is 4.72 Å². The Morgan fingerprint density at radius 2 is 1.70 bits per heavy atom. The first kappa shape index (κ1) is 24.1. The Morgan fingerprint density at radius 1 is 1.07 bits per heavy atom. The number of esters is 2. The van der Waals surface area contributed by atoms with Crippen molar-refractivity contribution in [3.8, 4) is 0 Å². The first-order valence-corrected chi connectivity index (χ1v) is 12.0. The minimum absolute atomic E-state index is 0.0746. The molecule has 0 spiro atoms. The molecule has 1 aromatic rings. The summed E-state index contributed by atoms with van der Waals surface area (Å²) in [6.07, 6.45) is 6.80. The van der Waals surface area contributed by atoms with Gasteiger partial charge in [0.2, 0.25) is 10.0 Å². The van der Waals surface area contributed by atoms with Crippen LogP contribution in [0.2, 0.25) is 0 Å². The van der Waals surface area contributed by atoms with E-state index in [1.165, 1.54) is 0 Å². The largest absolute Gasteiger partial charge is 0.460 e. The zero-order valence-corrected chi connectivity index (χ0v) is 18.4. The van der Waals surface area contributed by atoms with Crippen molar-refractivity contribution in [1.82, 2.24) is 4.72 Å². The first-order valence-electron chi connectivity index (χ1n) is 10.4. The second-order valence-corrected chi connectivity index (χ2v) is 9.61. The highest BCUT2D eigenvalue weighted by molar-refractivity contribution is 7.89. The smallest absolute Gasteiger partial charge is 0.331 e.